The molecule has 1 heterocycles. The van der Waals surface area contributed by atoms with Gasteiger partial charge in [-0.3, -0.25) is 0 Å². The first-order chi connectivity index (χ1) is 6.59. The summed E-state index contributed by atoms with van der Waals surface area (Å²) < 4.78 is 12.5. The van der Waals surface area contributed by atoms with E-state index in [1.165, 1.54) is 25.3 Å². The normalized spacial score (nSPS) is 22.9. The average Bonchev–Trinajstić information content (AvgIpc) is 2.15. The van der Waals surface area contributed by atoms with Crippen LogP contribution in [-0.2, 0) is 0 Å². The van der Waals surface area contributed by atoms with Gasteiger partial charge in [-0.05, 0) is 58.8 Å². The molecule has 1 nitrogen and oxygen atoms in total. The Bertz CT molecular complexity index is 231. The molecule has 0 amide bonds. The van der Waals surface area contributed by atoms with E-state index in [9.17, 15) is 4.39 Å². The number of piperidine rings is 1. The second kappa shape index (κ2) is 5.30. The molecule has 1 rings (SSSR count). The Morgan fingerprint density at radius 2 is 1.79 bits per heavy atom. The molecule has 1 aliphatic rings. The molecule has 2 heteroatoms. The lowest BCUT2D eigenvalue weighted by atomic mass is 9.90. The molecule has 0 aromatic heterocycles. The largest absolute Gasteiger partial charge is 0.306 e. The van der Waals surface area contributed by atoms with Gasteiger partial charge in [0.05, 0.1) is 5.83 Å². The molecule has 1 aliphatic heterocycles. The number of hydrogen-bond donors (Lipinski definition) is 0. The second-order valence-electron chi connectivity index (χ2n) is 4.24. The van der Waals surface area contributed by atoms with Gasteiger partial charge in [0.1, 0.15) is 0 Å². The summed E-state index contributed by atoms with van der Waals surface area (Å²) in [5, 5.41) is 0. The maximum atomic E-state index is 12.5. The molecule has 80 valence electrons. The quantitative estimate of drug-likeness (QED) is 0.615. The molecule has 0 spiro atoms. The van der Waals surface area contributed by atoms with Gasteiger partial charge in [0, 0.05) is 0 Å². The zero-order valence-electron chi connectivity index (χ0n) is 9.39. The molecule has 0 unspecified atom stereocenters. The predicted molar refractivity (Wildman–Crippen MR) is 58.8 cm³/mol. The third-order valence-electron chi connectivity index (χ3n) is 2.94. The Hall–Kier alpha value is -0.630. The minimum Gasteiger partial charge on any atom is -0.306 e. The Balaban J connectivity index is 2.49. The van der Waals surface area contributed by atoms with Crippen molar-refractivity contribution in [3.63, 3.8) is 0 Å². The smallest absolute Gasteiger partial charge is 0.0968 e. The topological polar surface area (TPSA) is 3.24 Å². The number of nitrogens with zero attached hydrogens (tertiary/aromatic N) is 1. The van der Waals surface area contributed by atoms with Crippen molar-refractivity contribution in [2.24, 2.45) is 5.92 Å². The molecule has 1 saturated heterocycles. The van der Waals surface area contributed by atoms with Crippen LogP contribution in [0.25, 0.3) is 0 Å². The van der Waals surface area contributed by atoms with Crippen molar-refractivity contribution in [1.82, 2.24) is 4.90 Å². The molecular weight excluding hydrogens is 177 g/mol. The molecule has 0 N–H and O–H groups in total. The lowest BCUT2D eigenvalue weighted by molar-refractivity contribution is 0.238. The van der Waals surface area contributed by atoms with E-state index in [-0.39, 0.29) is 5.83 Å². The molecule has 14 heavy (non-hydrogen) atoms. The van der Waals surface area contributed by atoms with Gasteiger partial charge >= 0.3 is 0 Å². The van der Waals surface area contributed by atoms with Crippen LogP contribution < -0.4 is 0 Å². The van der Waals surface area contributed by atoms with Crippen LogP contribution in [-0.4, -0.2) is 25.0 Å². The first-order valence-electron chi connectivity index (χ1n) is 5.28. The second-order valence-corrected chi connectivity index (χ2v) is 4.24. The fourth-order valence-electron chi connectivity index (χ4n) is 1.85. The number of likely N-dealkylation sites (tertiary alicyclic amines) is 1. The Labute approximate surface area is 86.3 Å². The van der Waals surface area contributed by atoms with Crippen molar-refractivity contribution in [1.29, 1.82) is 0 Å². The number of hydrogen-bond acceptors (Lipinski definition) is 1. The van der Waals surface area contributed by atoms with Crippen molar-refractivity contribution in [2.45, 2.75) is 26.7 Å². The molecule has 0 aromatic rings. The summed E-state index contributed by atoms with van der Waals surface area (Å²) in [5.74, 6) is 0.541. The van der Waals surface area contributed by atoms with Gasteiger partial charge < -0.3 is 4.90 Å². The van der Waals surface area contributed by atoms with Crippen molar-refractivity contribution >= 4 is 0 Å². The zero-order chi connectivity index (χ0) is 10.6. The lowest BCUT2D eigenvalue weighted by Crippen LogP contribution is -2.30. The average molecular weight is 197 g/mol. The standard InChI is InChI=1S/C12H20FN/c1-10(4-5-11(2)13)12-6-8-14(3)9-7-12/h4-5,12H,6-9H2,1-3H3/b10-4+,11-5+. The molecule has 1 fully saturated rings. The highest BCUT2D eigenvalue weighted by atomic mass is 19.1. The van der Waals surface area contributed by atoms with Crippen molar-refractivity contribution in [2.75, 3.05) is 20.1 Å². The zero-order valence-corrected chi connectivity index (χ0v) is 9.39. The van der Waals surface area contributed by atoms with E-state index in [2.05, 4.69) is 18.9 Å². The van der Waals surface area contributed by atoms with Crippen LogP contribution in [0.3, 0.4) is 0 Å². The summed E-state index contributed by atoms with van der Waals surface area (Å²) in [6, 6.07) is 0. The van der Waals surface area contributed by atoms with Gasteiger partial charge in [0.25, 0.3) is 0 Å². The SMILES string of the molecule is C/C(F)=C\C=C(/C)C1CCN(C)CC1. The maximum Gasteiger partial charge on any atom is 0.0968 e. The number of halogens is 1. The first-order valence-corrected chi connectivity index (χ1v) is 5.28. The monoisotopic (exact) mass is 197 g/mol. The van der Waals surface area contributed by atoms with E-state index in [1.54, 1.807) is 6.08 Å². The molecule has 0 aliphatic carbocycles. The van der Waals surface area contributed by atoms with Crippen LogP contribution in [0.15, 0.2) is 23.6 Å². The summed E-state index contributed by atoms with van der Waals surface area (Å²) >= 11 is 0. The Morgan fingerprint density at radius 1 is 1.21 bits per heavy atom. The molecule has 0 radical (unpaired) electrons. The van der Waals surface area contributed by atoms with Crippen LogP contribution in [0.1, 0.15) is 26.7 Å². The highest BCUT2D eigenvalue weighted by Crippen LogP contribution is 2.23. The highest BCUT2D eigenvalue weighted by molar-refractivity contribution is 5.15. The summed E-state index contributed by atoms with van der Waals surface area (Å²) in [6.45, 7) is 5.91. The van der Waals surface area contributed by atoms with Crippen molar-refractivity contribution in [3.05, 3.63) is 23.6 Å². The van der Waals surface area contributed by atoms with Gasteiger partial charge in [-0.15, -0.1) is 0 Å². The summed E-state index contributed by atoms with van der Waals surface area (Å²) in [5.41, 5.74) is 1.31. The van der Waals surface area contributed by atoms with Crippen LogP contribution in [0, 0.1) is 5.92 Å². The fourth-order valence-corrected chi connectivity index (χ4v) is 1.85. The maximum absolute atomic E-state index is 12.5. The Morgan fingerprint density at radius 3 is 2.29 bits per heavy atom. The van der Waals surface area contributed by atoms with E-state index in [1.807, 2.05) is 6.08 Å². The molecule has 0 atom stereocenters. The third kappa shape index (κ3) is 3.62. The first kappa shape index (κ1) is 11.4. The van der Waals surface area contributed by atoms with Gasteiger partial charge in [-0.2, -0.15) is 0 Å². The van der Waals surface area contributed by atoms with Crippen molar-refractivity contribution < 1.29 is 4.39 Å². The molecule has 0 aromatic carbocycles. The minimum atomic E-state index is -0.114. The fraction of sp³-hybridized carbons (Fsp3) is 0.667. The molecular formula is C12H20FN. The van der Waals surface area contributed by atoms with Crippen LogP contribution >= 0.6 is 0 Å². The van der Waals surface area contributed by atoms with Gasteiger partial charge in [-0.25, -0.2) is 4.39 Å². The van der Waals surface area contributed by atoms with Gasteiger partial charge in [-0.1, -0.05) is 11.6 Å². The predicted octanol–water partition coefficient (Wildman–Crippen LogP) is 3.15. The summed E-state index contributed by atoms with van der Waals surface area (Å²) in [4.78, 5) is 2.35. The van der Waals surface area contributed by atoms with Gasteiger partial charge in [0.2, 0.25) is 0 Å². The van der Waals surface area contributed by atoms with Crippen molar-refractivity contribution in [3.8, 4) is 0 Å². The third-order valence-corrected chi connectivity index (χ3v) is 2.94. The van der Waals surface area contributed by atoms with E-state index in [0.717, 1.165) is 13.1 Å². The Kier molecular flexibility index (Phi) is 4.33. The minimum absolute atomic E-state index is 0.114. The van der Waals surface area contributed by atoms with Crippen LogP contribution in [0.2, 0.25) is 0 Å². The summed E-state index contributed by atoms with van der Waals surface area (Å²) in [7, 11) is 2.15. The number of allylic oxidation sites excluding steroid dienone is 4. The van der Waals surface area contributed by atoms with Crippen LogP contribution in [0.4, 0.5) is 4.39 Å². The van der Waals surface area contributed by atoms with Gasteiger partial charge in [0.15, 0.2) is 0 Å². The van der Waals surface area contributed by atoms with E-state index in [0.29, 0.717) is 5.92 Å². The van der Waals surface area contributed by atoms with E-state index < -0.39 is 0 Å². The molecule has 0 bridgehead atoms. The van der Waals surface area contributed by atoms with E-state index in [4.69, 9.17) is 0 Å². The van der Waals surface area contributed by atoms with E-state index >= 15 is 0 Å². The molecule has 0 saturated carbocycles. The van der Waals surface area contributed by atoms with Crippen LogP contribution in [0.5, 0.6) is 0 Å². The number of rotatable bonds is 2. The summed E-state index contributed by atoms with van der Waals surface area (Å²) in [6.07, 6.45) is 5.90. The lowest BCUT2D eigenvalue weighted by Gasteiger charge is -2.29. The highest BCUT2D eigenvalue weighted by Gasteiger charge is 2.17.